The summed E-state index contributed by atoms with van der Waals surface area (Å²) >= 11 is 1.56. The molecule has 0 radical (unpaired) electrons. The predicted octanol–water partition coefficient (Wildman–Crippen LogP) is -0.0655. The fourth-order valence-corrected chi connectivity index (χ4v) is 2.69. The molecule has 0 saturated carbocycles. The van der Waals surface area contributed by atoms with E-state index in [2.05, 4.69) is 10.0 Å². The topological polar surface area (TPSA) is 95.5 Å². The number of hydrogen-bond acceptors (Lipinski definition) is 5. The second-order valence-corrected chi connectivity index (χ2v) is 7.31. The average Bonchev–Trinajstić information content (AvgIpc) is 2.34. The predicted molar refractivity (Wildman–Crippen MR) is 78.7 cm³/mol. The van der Waals surface area contributed by atoms with Crippen LogP contribution in [0.4, 0.5) is 0 Å². The van der Waals surface area contributed by atoms with Crippen molar-refractivity contribution in [1.29, 1.82) is 0 Å². The van der Waals surface area contributed by atoms with Crippen molar-refractivity contribution < 1.29 is 18.3 Å². The second kappa shape index (κ2) is 9.57. The summed E-state index contributed by atoms with van der Waals surface area (Å²) in [7, 11) is -3.41. The molecule has 8 heteroatoms. The van der Waals surface area contributed by atoms with Gasteiger partial charge in [-0.3, -0.25) is 4.79 Å². The lowest BCUT2D eigenvalue weighted by Gasteiger charge is -2.20. The molecule has 0 rings (SSSR count). The first-order valence-electron chi connectivity index (χ1n) is 6.26. The molecule has 0 heterocycles. The Hall–Kier alpha value is -0.310. The van der Waals surface area contributed by atoms with Crippen molar-refractivity contribution in [1.82, 2.24) is 10.0 Å². The molecule has 0 aliphatic carbocycles. The highest BCUT2D eigenvalue weighted by atomic mass is 32.2. The van der Waals surface area contributed by atoms with Gasteiger partial charge in [-0.05, 0) is 38.7 Å². The van der Waals surface area contributed by atoms with E-state index in [0.29, 0.717) is 18.6 Å². The van der Waals surface area contributed by atoms with E-state index in [1.165, 1.54) is 6.92 Å². The number of carbonyl (C=O) groups excluding carboxylic acids is 1. The molecule has 0 bridgehead atoms. The van der Waals surface area contributed by atoms with E-state index in [1.807, 2.05) is 6.26 Å². The Labute approximate surface area is 119 Å². The van der Waals surface area contributed by atoms with Crippen LogP contribution in [-0.4, -0.2) is 55.9 Å². The number of aliphatic hydroxyl groups is 1. The normalized spacial score (nSPS) is 14.9. The van der Waals surface area contributed by atoms with Crippen LogP contribution in [0.5, 0.6) is 0 Å². The SMILES string of the molecule is CCS(=O)(=O)NC(CCSC)C(=O)NC(C)CCO. The number of amides is 1. The van der Waals surface area contributed by atoms with Crippen LogP contribution >= 0.6 is 11.8 Å². The van der Waals surface area contributed by atoms with Crippen molar-refractivity contribution in [3.63, 3.8) is 0 Å². The maximum Gasteiger partial charge on any atom is 0.238 e. The van der Waals surface area contributed by atoms with Crippen LogP contribution < -0.4 is 10.0 Å². The van der Waals surface area contributed by atoms with Crippen molar-refractivity contribution in [2.75, 3.05) is 24.4 Å². The highest BCUT2D eigenvalue weighted by Gasteiger charge is 2.23. The van der Waals surface area contributed by atoms with Crippen LogP contribution in [0, 0.1) is 0 Å². The average molecular weight is 312 g/mol. The lowest BCUT2D eigenvalue weighted by Crippen LogP contribution is -2.49. The van der Waals surface area contributed by atoms with Gasteiger partial charge >= 0.3 is 0 Å². The highest BCUT2D eigenvalue weighted by molar-refractivity contribution is 7.98. The van der Waals surface area contributed by atoms with E-state index in [9.17, 15) is 13.2 Å². The first-order chi connectivity index (χ1) is 8.86. The molecular formula is C11H24N2O4S2. The molecule has 6 nitrogen and oxygen atoms in total. The Balaban J connectivity index is 4.60. The van der Waals surface area contributed by atoms with Gasteiger partial charge in [0, 0.05) is 12.6 Å². The summed E-state index contributed by atoms with van der Waals surface area (Å²) in [5.41, 5.74) is 0. The fraction of sp³-hybridized carbons (Fsp3) is 0.909. The molecule has 0 saturated heterocycles. The van der Waals surface area contributed by atoms with Gasteiger partial charge < -0.3 is 10.4 Å². The van der Waals surface area contributed by atoms with Gasteiger partial charge in [-0.1, -0.05) is 0 Å². The van der Waals surface area contributed by atoms with Gasteiger partial charge in [0.25, 0.3) is 0 Å². The first kappa shape index (κ1) is 18.7. The Morgan fingerprint density at radius 3 is 2.47 bits per heavy atom. The lowest BCUT2D eigenvalue weighted by atomic mass is 10.2. The Bertz CT molecular complexity index is 360. The second-order valence-electron chi connectivity index (χ2n) is 4.28. The first-order valence-corrected chi connectivity index (χ1v) is 9.31. The number of thioether (sulfide) groups is 1. The zero-order valence-electron chi connectivity index (χ0n) is 11.7. The van der Waals surface area contributed by atoms with Gasteiger partial charge in [-0.2, -0.15) is 11.8 Å². The van der Waals surface area contributed by atoms with Crippen molar-refractivity contribution in [2.24, 2.45) is 0 Å². The van der Waals surface area contributed by atoms with Crippen LogP contribution in [-0.2, 0) is 14.8 Å². The van der Waals surface area contributed by atoms with Crippen molar-refractivity contribution in [3.05, 3.63) is 0 Å². The molecule has 2 atom stereocenters. The van der Waals surface area contributed by atoms with Gasteiger partial charge in [0.15, 0.2) is 0 Å². The van der Waals surface area contributed by atoms with Crippen LogP contribution in [0.1, 0.15) is 26.7 Å². The van der Waals surface area contributed by atoms with Crippen LogP contribution in [0.15, 0.2) is 0 Å². The summed E-state index contributed by atoms with van der Waals surface area (Å²) < 4.78 is 25.5. The Morgan fingerprint density at radius 2 is 2.00 bits per heavy atom. The highest BCUT2D eigenvalue weighted by Crippen LogP contribution is 2.04. The van der Waals surface area contributed by atoms with Crippen LogP contribution in [0.2, 0.25) is 0 Å². The quantitative estimate of drug-likeness (QED) is 0.525. The molecule has 0 aliphatic heterocycles. The fourth-order valence-electron chi connectivity index (χ4n) is 1.39. The third-order valence-electron chi connectivity index (χ3n) is 2.58. The Kier molecular flexibility index (Phi) is 9.42. The number of rotatable bonds is 10. The molecular weight excluding hydrogens is 288 g/mol. The van der Waals surface area contributed by atoms with Gasteiger partial charge in [0.05, 0.1) is 5.75 Å². The van der Waals surface area contributed by atoms with E-state index >= 15 is 0 Å². The monoisotopic (exact) mass is 312 g/mol. The Morgan fingerprint density at radius 1 is 1.37 bits per heavy atom. The number of hydrogen-bond donors (Lipinski definition) is 3. The smallest absolute Gasteiger partial charge is 0.238 e. The number of carbonyl (C=O) groups is 1. The molecule has 2 unspecified atom stereocenters. The summed E-state index contributed by atoms with van der Waals surface area (Å²) in [6.45, 7) is 3.28. The van der Waals surface area contributed by atoms with Gasteiger partial charge in [0.1, 0.15) is 6.04 Å². The molecule has 0 aromatic carbocycles. The number of nitrogens with one attached hydrogen (secondary N) is 2. The maximum absolute atomic E-state index is 12.0. The molecule has 19 heavy (non-hydrogen) atoms. The summed E-state index contributed by atoms with van der Waals surface area (Å²) in [4.78, 5) is 12.0. The van der Waals surface area contributed by atoms with Crippen LogP contribution in [0.3, 0.4) is 0 Å². The van der Waals surface area contributed by atoms with Gasteiger partial charge in [-0.15, -0.1) is 0 Å². The molecule has 0 aromatic heterocycles. The minimum Gasteiger partial charge on any atom is -0.396 e. The van der Waals surface area contributed by atoms with Gasteiger partial charge in [-0.25, -0.2) is 13.1 Å². The summed E-state index contributed by atoms with van der Waals surface area (Å²) in [5, 5.41) is 11.5. The minimum atomic E-state index is -3.41. The standard InChI is InChI=1S/C11H24N2O4S2/c1-4-19(16,17)13-10(6-8-18-3)11(15)12-9(2)5-7-14/h9-10,13-14H,4-8H2,1-3H3,(H,12,15). The summed E-state index contributed by atoms with van der Waals surface area (Å²) in [6, 6.07) is -0.932. The lowest BCUT2D eigenvalue weighted by molar-refractivity contribution is -0.123. The molecule has 0 aromatic rings. The van der Waals surface area contributed by atoms with E-state index < -0.39 is 16.1 Å². The van der Waals surface area contributed by atoms with E-state index in [4.69, 9.17) is 5.11 Å². The van der Waals surface area contributed by atoms with Crippen molar-refractivity contribution in [2.45, 2.75) is 38.8 Å². The minimum absolute atomic E-state index is 0.0163. The molecule has 1 amide bonds. The van der Waals surface area contributed by atoms with Crippen molar-refractivity contribution in [3.8, 4) is 0 Å². The van der Waals surface area contributed by atoms with Gasteiger partial charge in [0.2, 0.25) is 15.9 Å². The molecule has 0 aliphatic rings. The van der Waals surface area contributed by atoms with E-state index in [1.54, 1.807) is 18.7 Å². The van der Waals surface area contributed by atoms with Crippen LogP contribution in [0.25, 0.3) is 0 Å². The summed E-state index contributed by atoms with van der Waals surface area (Å²) in [5.74, 6) is 0.299. The molecule has 3 N–H and O–H groups in total. The van der Waals surface area contributed by atoms with E-state index in [-0.39, 0.29) is 24.3 Å². The summed E-state index contributed by atoms with van der Waals surface area (Å²) in [6.07, 6.45) is 2.79. The molecule has 0 fully saturated rings. The zero-order valence-corrected chi connectivity index (χ0v) is 13.3. The third-order valence-corrected chi connectivity index (χ3v) is 4.63. The molecule has 0 spiro atoms. The largest absolute Gasteiger partial charge is 0.396 e. The number of aliphatic hydroxyl groups excluding tert-OH is 1. The zero-order chi connectivity index (χ0) is 14.9. The molecule has 114 valence electrons. The third kappa shape index (κ3) is 8.46. The maximum atomic E-state index is 12.0. The van der Waals surface area contributed by atoms with Crippen molar-refractivity contribution >= 4 is 27.7 Å². The van der Waals surface area contributed by atoms with E-state index in [0.717, 1.165) is 0 Å². The number of sulfonamides is 1.